The molecule has 0 unspecified atom stereocenters. The topological polar surface area (TPSA) is 307 Å². The Balaban J connectivity index is 0.0000000948. The zero-order valence-corrected chi connectivity index (χ0v) is 61.3. The molecule has 25 rings (SSSR count). The minimum absolute atomic E-state index is 0.751. The summed E-state index contributed by atoms with van der Waals surface area (Å²) < 4.78 is 0. The van der Waals surface area contributed by atoms with E-state index in [2.05, 4.69) is 133 Å². The van der Waals surface area contributed by atoms with Crippen molar-refractivity contribution in [2.75, 3.05) is 0 Å². The van der Waals surface area contributed by atoms with E-state index in [-0.39, 0.29) is 0 Å². The second-order valence-corrected chi connectivity index (χ2v) is 27.9. The number of pyridine rings is 4. The van der Waals surface area contributed by atoms with Crippen LogP contribution in [0.15, 0.2) is 317 Å². The summed E-state index contributed by atoms with van der Waals surface area (Å²) in [6.45, 7) is 0. The molecule has 0 atom stereocenters. The highest BCUT2D eigenvalue weighted by Gasteiger charge is 2.24. The largest absolute Gasteiger partial charge is 0.360 e. The molecule has 0 amide bonds. The van der Waals surface area contributed by atoms with Gasteiger partial charge in [0.05, 0.1) is 134 Å². The van der Waals surface area contributed by atoms with Crippen molar-refractivity contribution < 1.29 is 0 Å². The smallest absolute Gasteiger partial charge is 0.115 e. The van der Waals surface area contributed by atoms with Gasteiger partial charge in [-0.1, -0.05) is 72.8 Å². The van der Waals surface area contributed by atoms with Gasteiger partial charge in [-0.2, -0.15) is 0 Å². The van der Waals surface area contributed by atoms with Gasteiger partial charge in [0.2, 0.25) is 0 Å². The Morgan fingerprint density at radius 2 is 0.362 bits per heavy atom. The number of nitrogens with one attached hydrogen (secondary N) is 8. The van der Waals surface area contributed by atoms with Crippen LogP contribution in [0.2, 0.25) is 0 Å². The quantitative estimate of drug-likeness (QED) is 0.0518. The lowest BCUT2D eigenvalue weighted by Gasteiger charge is -2.13. The zero-order chi connectivity index (χ0) is 76.6. The summed E-state index contributed by atoms with van der Waals surface area (Å²) in [7, 11) is 0. The lowest BCUT2D eigenvalue weighted by molar-refractivity contribution is 1.24. The van der Waals surface area contributed by atoms with Crippen LogP contribution in [0, 0.1) is 0 Å². The first-order valence-electron chi connectivity index (χ1n) is 37.7. The molecule has 22 heteroatoms. The van der Waals surface area contributed by atoms with E-state index < -0.39 is 0 Å². The van der Waals surface area contributed by atoms with Gasteiger partial charge in [-0.3, -0.25) is 19.9 Å². The highest BCUT2D eigenvalue weighted by atomic mass is 14.9. The lowest BCUT2D eigenvalue weighted by Crippen LogP contribution is -1.98. The van der Waals surface area contributed by atoms with E-state index in [0.717, 1.165) is 212 Å². The fourth-order valence-electron chi connectivity index (χ4n) is 15.7. The van der Waals surface area contributed by atoms with Crippen LogP contribution >= 0.6 is 0 Å². The number of rotatable bonds is 8. The Hall–Kier alpha value is -16.6. The molecule has 8 aromatic carbocycles. The van der Waals surface area contributed by atoms with Crippen molar-refractivity contribution in [2.45, 2.75) is 0 Å². The second kappa shape index (κ2) is 27.7. The van der Waals surface area contributed by atoms with Crippen LogP contribution < -0.4 is 0 Å². The number of fused-ring (bicyclic) bond motifs is 22. The molecule has 0 radical (unpaired) electrons. The summed E-state index contributed by atoms with van der Waals surface area (Å²) in [4.78, 5) is 94.9. The van der Waals surface area contributed by atoms with Crippen molar-refractivity contribution in [3.8, 4) is 91.1 Å². The maximum atomic E-state index is 5.14. The summed E-state index contributed by atoms with van der Waals surface area (Å²) >= 11 is 0. The predicted molar refractivity (Wildman–Crippen MR) is 461 cm³/mol. The van der Waals surface area contributed by atoms with Crippen molar-refractivity contribution in [1.82, 2.24) is 110 Å². The van der Waals surface area contributed by atoms with Gasteiger partial charge in [-0.05, 0) is 191 Å². The second-order valence-electron chi connectivity index (χ2n) is 27.9. The van der Waals surface area contributed by atoms with E-state index in [9.17, 15) is 0 Å². The van der Waals surface area contributed by atoms with Crippen molar-refractivity contribution in [2.24, 2.45) is 0 Å². The monoisotopic (exact) mass is 1500 g/mol. The molecular weight excluding hydrogens is 1440 g/mol. The van der Waals surface area contributed by atoms with Gasteiger partial charge in [0.15, 0.2) is 0 Å². The van der Waals surface area contributed by atoms with Gasteiger partial charge in [-0.15, -0.1) is 0 Å². The molecule has 25 aromatic rings. The minimum Gasteiger partial charge on any atom is -0.360 e. The molecule has 22 nitrogen and oxygen atoms in total. The van der Waals surface area contributed by atoms with Crippen LogP contribution in [0.25, 0.3) is 233 Å². The molecule has 0 saturated carbocycles. The van der Waals surface area contributed by atoms with Crippen molar-refractivity contribution in [3.05, 3.63) is 317 Å². The number of nitrogens with zero attached hydrogens (tertiary/aromatic N) is 14. The molecule has 0 aliphatic carbocycles. The summed E-state index contributed by atoms with van der Waals surface area (Å²) in [5.41, 5.74) is 27.2. The molecule has 0 saturated heterocycles. The van der Waals surface area contributed by atoms with E-state index in [4.69, 9.17) is 49.8 Å². The van der Waals surface area contributed by atoms with Gasteiger partial charge in [0.25, 0.3) is 0 Å². The third-order valence-corrected chi connectivity index (χ3v) is 21.0. The third kappa shape index (κ3) is 11.5. The Morgan fingerprint density at radius 1 is 0.155 bits per heavy atom. The maximum Gasteiger partial charge on any atom is 0.115 e. The van der Waals surface area contributed by atoms with E-state index >= 15 is 0 Å². The molecule has 0 spiro atoms. The van der Waals surface area contributed by atoms with Gasteiger partial charge in [0.1, 0.15) is 45.6 Å². The fourth-order valence-corrected chi connectivity index (χ4v) is 15.7. The lowest BCUT2D eigenvalue weighted by atomic mass is 9.99. The average Bonchev–Trinajstić information content (AvgIpc) is 1.10. The van der Waals surface area contributed by atoms with Crippen molar-refractivity contribution >= 4 is 142 Å². The molecule has 0 bridgehead atoms. The van der Waals surface area contributed by atoms with Gasteiger partial charge in [0, 0.05) is 107 Å². The summed E-state index contributed by atoms with van der Waals surface area (Å²) in [6, 6.07) is 80.9. The molecule has 0 aliphatic rings. The third-order valence-electron chi connectivity index (χ3n) is 21.0. The fraction of sp³-hybridized carbons (Fsp3) is 0. The molecule has 8 N–H and O–H groups in total. The Labute approximate surface area is 656 Å². The first kappa shape index (κ1) is 66.4. The summed E-state index contributed by atoms with van der Waals surface area (Å²) in [5, 5.41) is 10.7. The van der Waals surface area contributed by atoms with Crippen LogP contribution in [0.3, 0.4) is 0 Å². The molecular formula is C94H60N22. The van der Waals surface area contributed by atoms with Crippen LogP contribution in [-0.4, -0.2) is 110 Å². The summed E-state index contributed by atoms with van der Waals surface area (Å²) in [5.74, 6) is 0. The molecule has 17 heterocycles. The van der Waals surface area contributed by atoms with Crippen molar-refractivity contribution in [1.29, 1.82) is 0 Å². The number of aromatic amines is 8. The van der Waals surface area contributed by atoms with Crippen LogP contribution in [0.4, 0.5) is 0 Å². The SMILES string of the molecule is c1c[nH]c(-c2nc3c4ccccc4c4ccccc4c3nc2-c2ccc[nH]2)c1.c1c[nH]c(-c2nc3c4cccnc4c4ncccc4c3nc2-c2ccc[nH]2)c1.c1c[nH]c(-c2nc3cc4ccccc4cc3nc2-c2ccc[nH]2)c1.c1c[nH]c(-c2nc3cc4nc5c6cccnc6c6ncccc6c5nc4cc3nc2-c2ccc[nH]2)c1. The number of aromatic nitrogens is 22. The van der Waals surface area contributed by atoms with Crippen molar-refractivity contribution in [3.63, 3.8) is 0 Å². The molecule has 116 heavy (non-hydrogen) atoms. The van der Waals surface area contributed by atoms with Gasteiger partial charge in [-0.25, -0.2) is 49.8 Å². The van der Waals surface area contributed by atoms with Crippen LogP contribution in [0.5, 0.6) is 0 Å². The minimum atomic E-state index is 0.751. The highest BCUT2D eigenvalue weighted by molar-refractivity contribution is 6.25. The Morgan fingerprint density at radius 3 is 0.621 bits per heavy atom. The normalized spacial score (nSPS) is 11.6. The van der Waals surface area contributed by atoms with E-state index in [0.29, 0.717) is 0 Å². The van der Waals surface area contributed by atoms with Crippen LogP contribution in [-0.2, 0) is 0 Å². The Kier molecular flexibility index (Phi) is 15.9. The highest BCUT2D eigenvalue weighted by Crippen LogP contribution is 2.41. The van der Waals surface area contributed by atoms with Gasteiger partial charge < -0.3 is 39.9 Å². The number of hydrogen-bond acceptors (Lipinski definition) is 14. The maximum absolute atomic E-state index is 5.14. The number of benzene rings is 8. The van der Waals surface area contributed by atoms with E-state index in [1.54, 1.807) is 24.8 Å². The predicted octanol–water partition coefficient (Wildman–Crippen LogP) is 21.2. The van der Waals surface area contributed by atoms with Crippen LogP contribution in [0.1, 0.15) is 0 Å². The first-order chi connectivity index (χ1) is 57.5. The summed E-state index contributed by atoms with van der Waals surface area (Å²) in [6.07, 6.45) is 22.3. The number of hydrogen-bond donors (Lipinski definition) is 8. The number of H-pyrrole nitrogens is 8. The molecule has 17 aromatic heterocycles. The van der Waals surface area contributed by atoms with Gasteiger partial charge >= 0.3 is 0 Å². The van der Waals surface area contributed by atoms with E-state index in [1.165, 1.54) is 21.5 Å². The average molecular weight is 1500 g/mol. The molecule has 0 aliphatic heterocycles. The molecule has 0 fully saturated rings. The van der Waals surface area contributed by atoms with E-state index in [1.807, 2.05) is 219 Å². The standard InChI is InChI=1S/C28H16N8.C24H16N4.C22H14N6.C20H14N4/c1-5-15-23(31-11-1)24-16(6-2-12-32-24)26-25(15)33-19-13-21-22(14-20(19)34-26)36-28(18-8-4-10-30-18)27(35-21)17-7-3-9-29-17;1-3-9-17-15(7-1)16-8-2-4-10-18(16)22-21(17)27-23(19-11-5-13-25-19)24(28-22)20-12-6-14-26-20;1-5-13-17(25-11-1)18-14(6-2-12-26-18)20-19(13)27-21(15-7-3-9-23-15)22(28-20)16-8-4-10-24-16;1-2-6-14-12-18-17(11-13(14)5-1)23-19(15-7-3-9-21-15)20(24-18)16-8-4-10-22-16/h1-14,29-30H;1-14,25-26H;1-12,23-24H;1-12,21-22H. The zero-order valence-electron chi connectivity index (χ0n) is 61.3. The molecule has 546 valence electrons. The first-order valence-corrected chi connectivity index (χ1v) is 37.7. The Bertz CT molecular complexity index is 7310.